The second-order valence-corrected chi connectivity index (χ2v) is 3.37. The van der Waals surface area contributed by atoms with Gasteiger partial charge in [-0.2, -0.15) is 0 Å². The van der Waals surface area contributed by atoms with Gasteiger partial charge in [-0.1, -0.05) is 18.2 Å². The molecular weight excluding hydrogens is 207 g/mol. The summed E-state index contributed by atoms with van der Waals surface area (Å²) < 4.78 is 14.5. The third kappa shape index (κ3) is 7.76. The number of rotatable bonds is 2. The molecule has 0 atom stereocenters. The van der Waals surface area contributed by atoms with Gasteiger partial charge in [-0.3, -0.25) is 9.79 Å². The Balaban J connectivity index is 0.000000500. The maximum Gasteiger partial charge on any atom is 0.524 e. The summed E-state index contributed by atoms with van der Waals surface area (Å²) in [6, 6.07) is 7.93. The molecule has 6 heteroatoms. The minimum Gasteiger partial charge on any atom is -0.404 e. The van der Waals surface area contributed by atoms with Gasteiger partial charge in [-0.05, 0) is 19.1 Å². The molecule has 0 aromatic heterocycles. The highest BCUT2D eigenvalue weighted by Crippen LogP contribution is 2.36. The van der Waals surface area contributed by atoms with Gasteiger partial charge in [0.05, 0.1) is 0 Å². The minimum absolute atomic E-state index is 0.167. The van der Waals surface area contributed by atoms with Crippen molar-refractivity contribution in [1.29, 1.82) is 0 Å². The standard InChI is InChI=1S/C6H7O4P.C2H6O/c7-11(8,9)10-6-4-2-1-3-5-6;1-2-3/h1-5H,(H2,7,8,9);3H,2H2,1H3. The first-order valence-electron chi connectivity index (χ1n) is 3.90. The Hall–Kier alpha value is -0.870. The Morgan fingerprint density at radius 3 is 2.07 bits per heavy atom. The first-order chi connectivity index (χ1) is 6.49. The van der Waals surface area contributed by atoms with Crippen LogP contribution in [0.3, 0.4) is 0 Å². The lowest BCUT2D eigenvalue weighted by Gasteiger charge is -2.04. The van der Waals surface area contributed by atoms with Gasteiger partial charge in [0.15, 0.2) is 0 Å². The molecular formula is C8H13O5P. The molecule has 0 bridgehead atoms. The molecule has 14 heavy (non-hydrogen) atoms. The van der Waals surface area contributed by atoms with Crippen molar-refractivity contribution in [3.05, 3.63) is 30.3 Å². The van der Waals surface area contributed by atoms with Crippen LogP contribution in [-0.4, -0.2) is 21.5 Å². The van der Waals surface area contributed by atoms with Crippen molar-refractivity contribution in [2.24, 2.45) is 0 Å². The molecule has 0 aliphatic carbocycles. The predicted octanol–water partition coefficient (Wildman–Crippen LogP) is 1.16. The van der Waals surface area contributed by atoms with Gasteiger partial charge in [0.25, 0.3) is 0 Å². The average molecular weight is 220 g/mol. The van der Waals surface area contributed by atoms with Crippen LogP contribution in [0.15, 0.2) is 30.3 Å². The Morgan fingerprint density at radius 1 is 1.29 bits per heavy atom. The van der Waals surface area contributed by atoms with Gasteiger partial charge in [0.2, 0.25) is 0 Å². The lowest BCUT2D eigenvalue weighted by molar-refractivity contribution is 0.283. The van der Waals surface area contributed by atoms with E-state index < -0.39 is 7.82 Å². The van der Waals surface area contributed by atoms with E-state index in [-0.39, 0.29) is 12.4 Å². The normalized spacial score (nSPS) is 10.0. The van der Waals surface area contributed by atoms with E-state index in [1.165, 1.54) is 12.1 Å². The first kappa shape index (κ1) is 13.1. The molecule has 0 unspecified atom stereocenters. The maximum atomic E-state index is 10.3. The topological polar surface area (TPSA) is 87.0 Å². The molecule has 0 spiro atoms. The summed E-state index contributed by atoms with van der Waals surface area (Å²) in [4.78, 5) is 16.7. The number of benzene rings is 1. The molecule has 0 fully saturated rings. The van der Waals surface area contributed by atoms with Gasteiger partial charge in [0, 0.05) is 6.61 Å². The van der Waals surface area contributed by atoms with Gasteiger partial charge in [-0.15, -0.1) is 0 Å². The fourth-order valence-electron chi connectivity index (χ4n) is 0.619. The fraction of sp³-hybridized carbons (Fsp3) is 0.250. The first-order valence-corrected chi connectivity index (χ1v) is 5.43. The van der Waals surface area contributed by atoms with Crippen molar-refractivity contribution < 1.29 is 24.0 Å². The second-order valence-electron chi connectivity index (χ2n) is 2.21. The number of hydrogen-bond donors (Lipinski definition) is 3. The van der Waals surface area contributed by atoms with Gasteiger partial charge in [0.1, 0.15) is 5.75 Å². The molecule has 0 saturated heterocycles. The van der Waals surface area contributed by atoms with E-state index in [2.05, 4.69) is 4.52 Å². The summed E-state index contributed by atoms with van der Waals surface area (Å²) in [6.07, 6.45) is 0. The van der Waals surface area contributed by atoms with Crippen LogP contribution in [0.1, 0.15) is 6.92 Å². The van der Waals surface area contributed by atoms with Gasteiger partial charge < -0.3 is 9.63 Å². The third-order valence-corrected chi connectivity index (χ3v) is 1.42. The highest BCUT2D eigenvalue weighted by Gasteiger charge is 2.14. The van der Waals surface area contributed by atoms with Crippen molar-refractivity contribution in [2.75, 3.05) is 6.61 Å². The molecule has 0 heterocycles. The summed E-state index contributed by atoms with van der Waals surface area (Å²) in [5.74, 6) is 0.167. The van der Waals surface area contributed by atoms with Crippen molar-refractivity contribution in [1.82, 2.24) is 0 Å². The monoisotopic (exact) mass is 220 g/mol. The third-order valence-electron chi connectivity index (χ3n) is 0.968. The molecule has 0 radical (unpaired) electrons. The Labute approximate surface area is 82.2 Å². The summed E-state index contributed by atoms with van der Waals surface area (Å²) >= 11 is 0. The number of phosphoric ester groups is 1. The van der Waals surface area contributed by atoms with E-state index in [0.717, 1.165) is 0 Å². The molecule has 0 aliphatic rings. The molecule has 0 saturated carbocycles. The zero-order chi connectivity index (χ0) is 11.0. The molecule has 0 aliphatic heterocycles. The van der Waals surface area contributed by atoms with Crippen molar-refractivity contribution in [3.63, 3.8) is 0 Å². The molecule has 5 nitrogen and oxygen atoms in total. The van der Waals surface area contributed by atoms with Crippen LogP contribution < -0.4 is 4.52 Å². The van der Waals surface area contributed by atoms with Crippen LogP contribution >= 0.6 is 7.82 Å². The predicted molar refractivity (Wildman–Crippen MR) is 51.9 cm³/mol. The molecule has 1 rings (SSSR count). The van der Waals surface area contributed by atoms with Crippen molar-refractivity contribution in [3.8, 4) is 5.75 Å². The largest absolute Gasteiger partial charge is 0.524 e. The quantitative estimate of drug-likeness (QED) is 0.651. The van der Waals surface area contributed by atoms with Gasteiger partial charge >= 0.3 is 7.82 Å². The zero-order valence-electron chi connectivity index (χ0n) is 7.70. The maximum absolute atomic E-state index is 10.3. The van der Waals surface area contributed by atoms with E-state index in [1.54, 1.807) is 25.1 Å². The summed E-state index contributed by atoms with van der Waals surface area (Å²) in [5.41, 5.74) is 0. The minimum atomic E-state index is -4.39. The molecule has 1 aromatic carbocycles. The SMILES string of the molecule is CCO.O=P(O)(O)Oc1ccccc1. The van der Waals surface area contributed by atoms with Gasteiger partial charge in [-0.25, -0.2) is 4.57 Å². The van der Waals surface area contributed by atoms with Crippen LogP contribution in [0.2, 0.25) is 0 Å². The molecule has 1 aromatic rings. The average Bonchev–Trinajstić information content (AvgIpc) is 2.04. The number of aliphatic hydroxyl groups excluding tert-OH is 1. The van der Waals surface area contributed by atoms with Crippen molar-refractivity contribution >= 4 is 7.82 Å². The van der Waals surface area contributed by atoms with Crippen LogP contribution in [0.25, 0.3) is 0 Å². The Bertz CT molecular complexity index is 281. The van der Waals surface area contributed by atoms with Crippen LogP contribution in [0.5, 0.6) is 5.75 Å². The van der Waals surface area contributed by atoms with Crippen LogP contribution in [-0.2, 0) is 4.57 Å². The lowest BCUT2D eigenvalue weighted by atomic mass is 10.3. The molecule has 80 valence electrons. The smallest absolute Gasteiger partial charge is 0.404 e. The van der Waals surface area contributed by atoms with Crippen molar-refractivity contribution in [2.45, 2.75) is 6.92 Å². The van der Waals surface area contributed by atoms with E-state index in [1.807, 2.05) is 0 Å². The second kappa shape index (κ2) is 6.56. The van der Waals surface area contributed by atoms with E-state index >= 15 is 0 Å². The fourth-order valence-corrected chi connectivity index (χ4v) is 1.02. The van der Waals surface area contributed by atoms with Crippen LogP contribution in [0.4, 0.5) is 0 Å². The number of para-hydroxylation sites is 1. The molecule has 3 N–H and O–H groups in total. The highest BCUT2D eigenvalue weighted by molar-refractivity contribution is 7.46. The van der Waals surface area contributed by atoms with E-state index in [9.17, 15) is 4.57 Å². The number of aliphatic hydroxyl groups is 1. The van der Waals surface area contributed by atoms with E-state index in [0.29, 0.717) is 0 Å². The summed E-state index contributed by atoms with van der Waals surface area (Å²) in [7, 11) is -4.39. The highest BCUT2D eigenvalue weighted by atomic mass is 31.2. The number of phosphoric acid groups is 1. The molecule has 0 amide bonds. The Morgan fingerprint density at radius 2 is 1.71 bits per heavy atom. The van der Waals surface area contributed by atoms with Crippen LogP contribution in [0, 0.1) is 0 Å². The summed E-state index contributed by atoms with van der Waals surface area (Å²) in [5, 5.41) is 7.57. The number of hydrogen-bond acceptors (Lipinski definition) is 3. The Kier molecular flexibility index (Phi) is 6.16. The summed E-state index contributed by atoms with van der Waals surface area (Å²) in [6.45, 7) is 1.93. The zero-order valence-corrected chi connectivity index (χ0v) is 8.59. The van der Waals surface area contributed by atoms with E-state index in [4.69, 9.17) is 14.9 Å². The lowest BCUT2D eigenvalue weighted by Crippen LogP contribution is -1.88.